The Bertz CT molecular complexity index is 2810. The van der Waals surface area contributed by atoms with Gasteiger partial charge in [0.25, 0.3) is 0 Å². The summed E-state index contributed by atoms with van der Waals surface area (Å²) in [4.78, 5) is 14.6. The molecule has 206 valence electrons. The van der Waals surface area contributed by atoms with E-state index in [9.17, 15) is 0 Å². The molecule has 0 atom stereocenters. The number of benzene rings is 6. The molecule has 3 aromatic heterocycles. The summed E-state index contributed by atoms with van der Waals surface area (Å²) in [5.41, 5.74) is 3.84. The number of nitrogens with zero attached hydrogens (tertiary/aromatic N) is 4. The molecule has 9 rings (SSSR count). The van der Waals surface area contributed by atoms with Gasteiger partial charge in [0.2, 0.25) is 0 Å². The summed E-state index contributed by atoms with van der Waals surface area (Å²) in [6.07, 6.45) is 0. The van der Waals surface area contributed by atoms with Gasteiger partial charge in [0.15, 0.2) is 17.5 Å². The molecule has 6 aromatic carbocycles. The molecular weight excluding hydrogens is 540 g/mol. The van der Waals surface area contributed by atoms with Gasteiger partial charge in [0, 0.05) is 50.0 Å². The van der Waals surface area contributed by atoms with Gasteiger partial charge < -0.3 is 8.98 Å². The number of para-hydroxylation sites is 2. The summed E-state index contributed by atoms with van der Waals surface area (Å²) in [5, 5.41) is 1.50. The van der Waals surface area contributed by atoms with E-state index in [4.69, 9.17) is 30.3 Å². The predicted molar refractivity (Wildman–Crippen MR) is 178 cm³/mol. The normalized spacial score (nSPS) is 14.2. The molecule has 0 unspecified atom stereocenters. The standard InChI is InChI=1S/C39H24N4O/c1-3-12-25(13-4-1)37-40-38(26-14-5-2-6-15-26)42-39(41-37)31-18-11-21-34-36(31)30-23-22-27(24-35(30)44-34)43-32-19-9-7-16-28(32)29-17-8-10-20-33(29)43/h1-24H/i7D,8D,9D,10D,16D,17D,19D,20D. The van der Waals surface area contributed by atoms with Crippen LogP contribution in [-0.2, 0) is 0 Å². The van der Waals surface area contributed by atoms with Crippen molar-refractivity contribution in [1.29, 1.82) is 0 Å². The van der Waals surface area contributed by atoms with Gasteiger partial charge in [0.1, 0.15) is 11.2 Å². The third kappa shape index (κ3) is 3.83. The van der Waals surface area contributed by atoms with Crippen LogP contribution in [0.1, 0.15) is 11.0 Å². The fraction of sp³-hybridized carbons (Fsp3) is 0. The second-order valence-electron chi connectivity index (χ2n) is 10.3. The largest absolute Gasteiger partial charge is 0.456 e. The SMILES string of the molecule is [2H]c1c([2H])c([2H])c2c(c1[2H])c1c([2H])c([2H])c([2H])c([2H])c1n2-c1ccc2c(c1)oc1cccc(-c3nc(-c4ccccc4)nc(-c4ccccc4)n3)c12. The predicted octanol–water partition coefficient (Wildman–Crippen LogP) is 9.87. The van der Waals surface area contributed by atoms with E-state index in [-0.39, 0.29) is 46.0 Å². The maximum atomic E-state index is 8.86. The lowest BCUT2D eigenvalue weighted by atomic mass is 10.0. The van der Waals surface area contributed by atoms with Crippen molar-refractivity contribution in [3.05, 3.63) is 145 Å². The Morgan fingerprint density at radius 2 is 1.11 bits per heavy atom. The third-order valence-corrected chi connectivity index (χ3v) is 7.71. The van der Waals surface area contributed by atoms with Gasteiger partial charge in [-0.2, -0.15) is 0 Å². The highest BCUT2D eigenvalue weighted by Gasteiger charge is 2.19. The van der Waals surface area contributed by atoms with E-state index in [0.29, 0.717) is 39.9 Å². The zero-order valence-electron chi connectivity index (χ0n) is 30.9. The summed E-state index contributed by atoms with van der Waals surface area (Å²) in [7, 11) is 0. The molecule has 0 saturated carbocycles. The van der Waals surface area contributed by atoms with E-state index >= 15 is 0 Å². The monoisotopic (exact) mass is 572 g/mol. The van der Waals surface area contributed by atoms with E-state index in [1.165, 1.54) is 4.57 Å². The zero-order valence-corrected chi connectivity index (χ0v) is 22.9. The van der Waals surface area contributed by atoms with E-state index < -0.39 is 24.2 Å². The number of furan rings is 1. The van der Waals surface area contributed by atoms with E-state index in [1.807, 2.05) is 84.9 Å². The number of hydrogen-bond acceptors (Lipinski definition) is 4. The number of rotatable bonds is 4. The number of fused-ring (bicyclic) bond motifs is 6. The maximum Gasteiger partial charge on any atom is 0.164 e. The lowest BCUT2D eigenvalue weighted by Gasteiger charge is -2.09. The van der Waals surface area contributed by atoms with Gasteiger partial charge in [-0.3, -0.25) is 0 Å². The molecule has 0 spiro atoms. The van der Waals surface area contributed by atoms with Crippen LogP contribution in [0.3, 0.4) is 0 Å². The van der Waals surface area contributed by atoms with Crippen LogP contribution in [0.5, 0.6) is 0 Å². The van der Waals surface area contributed by atoms with Crippen molar-refractivity contribution in [2.24, 2.45) is 0 Å². The first-order valence-electron chi connectivity index (χ1n) is 18.0. The first-order chi connectivity index (χ1) is 25.1. The fourth-order valence-corrected chi connectivity index (χ4v) is 5.75. The van der Waals surface area contributed by atoms with Crippen LogP contribution in [0.4, 0.5) is 0 Å². The smallest absolute Gasteiger partial charge is 0.164 e. The Morgan fingerprint density at radius 3 is 1.75 bits per heavy atom. The molecule has 0 N–H and O–H groups in total. The molecule has 3 heterocycles. The average molecular weight is 573 g/mol. The molecule has 0 aliphatic rings. The quantitative estimate of drug-likeness (QED) is 0.211. The Kier molecular flexibility index (Phi) is 3.94. The molecule has 0 fully saturated rings. The van der Waals surface area contributed by atoms with Crippen molar-refractivity contribution < 1.29 is 15.4 Å². The molecule has 0 radical (unpaired) electrons. The summed E-state index contributed by atoms with van der Waals surface area (Å²) in [5.74, 6) is 1.47. The molecule has 0 aliphatic carbocycles. The lowest BCUT2D eigenvalue weighted by molar-refractivity contribution is 0.668. The van der Waals surface area contributed by atoms with Gasteiger partial charge >= 0.3 is 0 Å². The van der Waals surface area contributed by atoms with Gasteiger partial charge in [0.05, 0.1) is 22.0 Å². The van der Waals surface area contributed by atoms with Crippen LogP contribution >= 0.6 is 0 Å². The van der Waals surface area contributed by atoms with Crippen molar-refractivity contribution in [2.75, 3.05) is 0 Å². The van der Waals surface area contributed by atoms with Gasteiger partial charge in [-0.15, -0.1) is 0 Å². The first kappa shape index (κ1) is 17.8. The number of aromatic nitrogens is 4. The highest BCUT2D eigenvalue weighted by atomic mass is 16.3. The highest BCUT2D eigenvalue weighted by molar-refractivity contribution is 6.13. The highest BCUT2D eigenvalue weighted by Crippen LogP contribution is 2.39. The van der Waals surface area contributed by atoms with Crippen LogP contribution in [0.25, 0.3) is 83.6 Å². The molecule has 9 aromatic rings. The Morgan fingerprint density at radius 1 is 0.523 bits per heavy atom. The molecule has 0 saturated heterocycles. The van der Waals surface area contributed by atoms with Crippen molar-refractivity contribution in [2.45, 2.75) is 0 Å². The summed E-state index contributed by atoms with van der Waals surface area (Å²) < 4.78 is 76.6. The van der Waals surface area contributed by atoms with Crippen molar-refractivity contribution in [3.63, 3.8) is 0 Å². The average Bonchev–Trinajstić information content (AvgIpc) is 3.74. The molecule has 0 amide bonds. The lowest BCUT2D eigenvalue weighted by Crippen LogP contribution is -2.00. The Hall–Kier alpha value is -6.07. The molecular formula is C39H24N4O. The second-order valence-corrected chi connectivity index (χ2v) is 10.3. The van der Waals surface area contributed by atoms with Crippen LogP contribution < -0.4 is 0 Å². The molecule has 0 aliphatic heterocycles. The minimum atomic E-state index is -0.492. The first-order valence-corrected chi connectivity index (χ1v) is 14.0. The summed E-state index contributed by atoms with van der Waals surface area (Å²) >= 11 is 0. The molecule has 5 nitrogen and oxygen atoms in total. The van der Waals surface area contributed by atoms with Crippen LogP contribution in [0.2, 0.25) is 0 Å². The van der Waals surface area contributed by atoms with Crippen molar-refractivity contribution >= 4 is 43.7 Å². The minimum Gasteiger partial charge on any atom is -0.456 e. The van der Waals surface area contributed by atoms with Crippen LogP contribution in [-0.4, -0.2) is 19.5 Å². The molecule has 5 heteroatoms. The fourth-order valence-electron chi connectivity index (χ4n) is 5.75. The van der Waals surface area contributed by atoms with E-state index in [2.05, 4.69) is 0 Å². The molecule has 0 bridgehead atoms. The van der Waals surface area contributed by atoms with Gasteiger partial charge in [-0.05, 0) is 30.3 Å². The Labute approximate surface area is 263 Å². The summed E-state index contributed by atoms with van der Waals surface area (Å²) in [6.45, 7) is 0. The van der Waals surface area contributed by atoms with E-state index in [0.717, 1.165) is 21.9 Å². The van der Waals surface area contributed by atoms with Crippen LogP contribution in [0, 0.1) is 0 Å². The second kappa shape index (κ2) is 9.75. The van der Waals surface area contributed by atoms with Gasteiger partial charge in [-0.25, -0.2) is 15.0 Å². The van der Waals surface area contributed by atoms with E-state index in [1.54, 1.807) is 12.1 Å². The number of hydrogen-bond donors (Lipinski definition) is 0. The third-order valence-electron chi connectivity index (χ3n) is 7.71. The van der Waals surface area contributed by atoms with Crippen molar-refractivity contribution in [1.82, 2.24) is 19.5 Å². The molecule has 44 heavy (non-hydrogen) atoms. The minimum absolute atomic E-state index is 0.0123. The maximum absolute atomic E-state index is 8.86. The zero-order chi connectivity index (χ0) is 36.0. The topological polar surface area (TPSA) is 56.7 Å². The van der Waals surface area contributed by atoms with Crippen LogP contribution in [0.15, 0.2) is 150 Å². The van der Waals surface area contributed by atoms with Gasteiger partial charge in [-0.1, -0.05) is 109 Å². The van der Waals surface area contributed by atoms with Crippen molar-refractivity contribution in [3.8, 4) is 39.9 Å². The Balaban J connectivity index is 1.31. The summed E-state index contributed by atoms with van der Waals surface area (Å²) in [6, 6.07) is 26.8.